The first-order valence-corrected chi connectivity index (χ1v) is 6.88. The van der Waals surface area contributed by atoms with Crippen molar-refractivity contribution < 1.29 is 9.18 Å². The molecule has 0 aliphatic carbocycles. The maximum Gasteiger partial charge on any atom is 0.248 e. The van der Waals surface area contributed by atoms with Crippen LogP contribution in [-0.4, -0.2) is 15.3 Å². The lowest BCUT2D eigenvalue weighted by molar-refractivity contribution is -0.111. The zero-order chi connectivity index (χ0) is 15.5. The normalized spacial score (nSPS) is 11.2. The number of carbonyl (C=O) groups is 1. The standard InChI is InChI=1S/C16H11ClFN3O/c17-16-13(21-9-2-1-6-14(21)20-16)7-8-15(22)19-12-5-3-4-11(18)10-12/h1-10H,(H,19,22)/b8-7+. The number of fused-ring (bicyclic) bond motifs is 1. The molecule has 0 spiro atoms. The monoisotopic (exact) mass is 315 g/mol. The average molecular weight is 316 g/mol. The van der Waals surface area contributed by atoms with Gasteiger partial charge >= 0.3 is 0 Å². The number of amides is 1. The van der Waals surface area contributed by atoms with Gasteiger partial charge < -0.3 is 5.32 Å². The Balaban J connectivity index is 1.81. The third-order valence-electron chi connectivity index (χ3n) is 3.01. The zero-order valence-corrected chi connectivity index (χ0v) is 12.1. The first kappa shape index (κ1) is 14.3. The van der Waals surface area contributed by atoms with Crippen LogP contribution in [0.25, 0.3) is 11.7 Å². The lowest BCUT2D eigenvalue weighted by atomic mass is 10.3. The summed E-state index contributed by atoms with van der Waals surface area (Å²) in [5.41, 5.74) is 1.68. The molecule has 0 saturated heterocycles. The van der Waals surface area contributed by atoms with Crippen LogP contribution < -0.4 is 5.32 Å². The molecule has 0 fully saturated rings. The number of hydrogen-bond donors (Lipinski definition) is 1. The molecule has 1 N–H and O–H groups in total. The Bertz CT molecular complexity index is 873. The van der Waals surface area contributed by atoms with Gasteiger partial charge in [0.05, 0.1) is 5.69 Å². The van der Waals surface area contributed by atoms with Gasteiger partial charge in [-0.15, -0.1) is 0 Å². The fourth-order valence-electron chi connectivity index (χ4n) is 2.04. The highest BCUT2D eigenvalue weighted by Gasteiger charge is 2.07. The van der Waals surface area contributed by atoms with Gasteiger partial charge in [-0.25, -0.2) is 9.37 Å². The molecule has 110 valence electrons. The molecule has 0 radical (unpaired) electrons. The van der Waals surface area contributed by atoms with E-state index in [4.69, 9.17) is 11.6 Å². The summed E-state index contributed by atoms with van der Waals surface area (Å²) in [6, 6.07) is 11.2. The van der Waals surface area contributed by atoms with E-state index in [-0.39, 0.29) is 5.91 Å². The summed E-state index contributed by atoms with van der Waals surface area (Å²) < 4.78 is 14.8. The fourth-order valence-corrected chi connectivity index (χ4v) is 2.28. The van der Waals surface area contributed by atoms with Gasteiger partial charge in [-0.2, -0.15) is 0 Å². The first-order chi connectivity index (χ1) is 10.6. The topological polar surface area (TPSA) is 46.4 Å². The van der Waals surface area contributed by atoms with Crippen molar-refractivity contribution in [1.29, 1.82) is 0 Å². The van der Waals surface area contributed by atoms with Crippen LogP contribution in [-0.2, 0) is 4.79 Å². The van der Waals surface area contributed by atoms with Gasteiger partial charge in [0.15, 0.2) is 5.15 Å². The Labute approximate surface area is 130 Å². The molecule has 0 bridgehead atoms. The quantitative estimate of drug-likeness (QED) is 0.748. The van der Waals surface area contributed by atoms with E-state index < -0.39 is 5.82 Å². The van der Waals surface area contributed by atoms with Crippen molar-refractivity contribution in [3.63, 3.8) is 0 Å². The van der Waals surface area contributed by atoms with Crippen LogP contribution in [0.2, 0.25) is 5.15 Å². The molecule has 1 aromatic carbocycles. The maximum atomic E-state index is 13.1. The number of rotatable bonds is 3. The summed E-state index contributed by atoms with van der Waals surface area (Å²) in [5, 5.41) is 2.88. The van der Waals surface area contributed by atoms with E-state index in [0.717, 1.165) is 0 Å². The highest BCUT2D eigenvalue weighted by molar-refractivity contribution is 6.31. The second kappa shape index (κ2) is 5.99. The summed E-state index contributed by atoms with van der Waals surface area (Å²) in [5.74, 6) is -0.792. The van der Waals surface area contributed by atoms with Gasteiger partial charge in [0, 0.05) is 18.0 Å². The number of pyridine rings is 1. The van der Waals surface area contributed by atoms with Gasteiger partial charge in [-0.05, 0) is 36.4 Å². The molecule has 3 aromatic rings. The number of anilines is 1. The lowest BCUT2D eigenvalue weighted by Crippen LogP contribution is -2.07. The predicted molar refractivity (Wildman–Crippen MR) is 84.3 cm³/mol. The maximum absolute atomic E-state index is 13.1. The van der Waals surface area contributed by atoms with E-state index in [1.807, 2.05) is 18.2 Å². The number of nitrogens with one attached hydrogen (secondary N) is 1. The second-order valence-corrected chi connectivity index (χ2v) is 4.91. The van der Waals surface area contributed by atoms with Crippen molar-refractivity contribution in [3.05, 3.63) is 71.4 Å². The minimum absolute atomic E-state index is 0.306. The average Bonchev–Trinajstić information content (AvgIpc) is 2.80. The van der Waals surface area contributed by atoms with Crippen LogP contribution in [0.3, 0.4) is 0 Å². The van der Waals surface area contributed by atoms with Gasteiger partial charge in [-0.3, -0.25) is 9.20 Å². The number of imidazole rings is 1. The number of carbonyl (C=O) groups excluding carboxylic acids is 1. The Morgan fingerprint density at radius 1 is 1.27 bits per heavy atom. The highest BCUT2D eigenvalue weighted by Crippen LogP contribution is 2.19. The van der Waals surface area contributed by atoms with Crippen LogP contribution in [0.5, 0.6) is 0 Å². The van der Waals surface area contributed by atoms with Crippen molar-refractivity contribution in [2.75, 3.05) is 5.32 Å². The van der Waals surface area contributed by atoms with Crippen molar-refractivity contribution in [2.24, 2.45) is 0 Å². The third kappa shape index (κ3) is 2.99. The fraction of sp³-hybridized carbons (Fsp3) is 0. The molecule has 0 atom stereocenters. The van der Waals surface area contributed by atoms with Gasteiger partial charge in [0.25, 0.3) is 0 Å². The summed E-state index contributed by atoms with van der Waals surface area (Å²) in [7, 11) is 0. The zero-order valence-electron chi connectivity index (χ0n) is 11.3. The van der Waals surface area contributed by atoms with Gasteiger partial charge in [0.1, 0.15) is 11.5 Å². The molecule has 2 heterocycles. The second-order valence-electron chi connectivity index (χ2n) is 4.55. The number of benzene rings is 1. The lowest BCUT2D eigenvalue weighted by Gasteiger charge is -2.01. The molecule has 6 heteroatoms. The SMILES string of the molecule is O=C(/C=C/c1c(Cl)nc2ccccn12)Nc1cccc(F)c1. The Morgan fingerprint density at radius 2 is 2.14 bits per heavy atom. The molecule has 3 rings (SSSR count). The largest absolute Gasteiger partial charge is 0.322 e. The summed E-state index contributed by atoms with van der Waals surface area (Å²) in [6.45, 7) is 0. The molecular weight excluding hydrogens is 305 g/mol. The first-order valence-electron chi connectivity index (χ1n) is 6.51. The molecule has 0 aliphatic rings. The van der Waals surface area contributed by atoms with E-state index in [1.165, 1.54) is 24.3 Å². The van der Waals surface area contributed by atoms with Crippen LogP contribution in [0.4, 0.5) is 10.1 Å². The van der Waals surface area contributed by atoms with Crippen molar-refractivity contribution in [3.8, 4) is 0 Å². The van der Waals surface area contributed by atoms with Gasteiger partial charge in [-0.1, -0.05) is 23.7 Å². The molecule has 0 aliphatic heterocycles. The minimum Gasteiger partial charge on any atom is -0.322 e. The summed E-state index contributed by atoms with van der Waals surface area (Å²) >= 11 is 6.07. The van der Waals surface area contributed by atoms with E-state index in [0.29, 0.717) is 22.2 Å². The van der Waals surface area contributed by atoms with Crippen LogP contribution in [0, 0.1) is 5.82 Å². The number of halogens is 2. The molecule has 2 aromatic heterocycles. The van der Waals surface area contributed by atoms with E-state index in [2.05, 4.69) is 10.3 Å². The Morgan fingerprint density at radius 3 is 2.95 bits per heavy atom. The number of aromatic nitrogens is 2. The molecular formula is C16H11ClFN3O. The molecule has 0 unspecified atom stereocenters. The highest BCUT2D eigenvalue weighted by atomic mass is 35.5. The smallest absolute Gasteiger partial charge is 0.248 e. The summed E-state index contributed by atoms with van der Waals surface area (Å²) in [4.78, 5) is 16.1. The molecule has 4 nitrogen and oxygen atoms in total. The van der Waals surface area contributed by atoms with Gasteiger partial charge in [0.2, 0.25) is 5.91 Å². The van der Waals surface area contributed by atoms with Crippen LogP contribution in [0.15, 0.2) is 54.7 Å². The van der Waals surface area contributed by atoms with Crippen molar-refractivity contribution in [1.82, 2.24) is 9.38 Å². The molecule has 1 amide bonds. The van der Waals surface area contributed by atoms with E-state index >= 15 is 0 Å². The third-order valence-corrected chi connectivity index (χ3v) is 3.28. The number of nitrogens with zero attached hydrogens (tertiary/aromatic N) is 2. The number of hydrogen-bond acceptors (Lipinski definition) is 2. The van der Waals surface area contributed by atoms with Crippen LogP contribution >= 0.6 is 11.6 Å². The Kier molecular flexibility index (Phi) is 3.89. The molecule has 22 heavy (non-hydrogen) atoms. The van der Waals surface area contributed by atoms with E-state index in [1.54, 1.807) is 22.7 Å². The summed E-state index contributed by atoms with van der Waals surface area (Å²) in [6.07, 6.45) is 4.70. The Hall–Kier alpha value is -2.66. The van der Waals surface area contributed by atoms with Crippen LogP contribution in [0.1, 0.15) is 5.69 Å². The molecule has 0 saturated carbocycles. The van der Waals surface area contributed by atoms with Crippen molar-refractivity contribution in [2.45, 2.75) is 0 Å². The predicted octanol–water partition coefficient (Wildman–Crippen LogP) is 3.78. The minimum atomic E-state index is -0.411. The van der Waals surface area contributed by atoms with E-state index in [9.17, 15) is 9.18 Å². The van der Waals surface area contributed by atoms with Crippen molar-refractivity contribution >= 4 is 34.9 Å².